The van der Waals surface area contributed by atoms with Gasteiger partial charge in [0, 0.05) is 38.4 Å². The molecule has 0 fully saturated rings. The number of rotatable bonds is 5. The Balaban J connectivity index is 1.80. The molecule has 0 unspecified atom stereocenters. The molecule has 0 aliphatic carbocycles. The van der Waals surface area contributed by atoms with Crippen molar-refractivity contribution in [1.29, 1.82) is 0 Å². The van der Waals surface area contributed by atoms with Gasteiger partial charge in [0.1, 0.15) is 0 Å². The third kappa shape index (κ3) is 3.82. The molecule has 1 amide bonds. The number of hydrogen-bond acceptors (Lipinski definition) is 2. The van der Waals surface area contributed by atoms with Crippen LogP contribution >= 0.6 is 0 Å². The lowest BCUT2D eigenvalue weighted by Gasteiger charge is -2.22. The fourth-order valence-corrected chi connectivity index (χ4v) is 2.95. The quantitative estimate of drug-likeness (QED) is 0.683. The Kier molecular flexibility index (Phi) is 5.03. The summed E-state index contributed by atoms with van der Waals surface area (Å²) in [6.45, 7) is 3.32. The average Bonchev–Trinajstić information content (AvgIpc) is 2.65. The molecule has 3 aromatic carbocycles. The van der Waals surface area contributed by atoms with Crippen molar-refractivity contribution in [2.75, 3.05) is 25.5 Å². The third-order valence-corrected chi connectivity index (χ3v) is 4.49. The molecule has 0 saturated carbocycles. The predicted octanol–water partition coefficient (Wildman–Crippen LogP) is 4.57. The number of carbonyl (C=O) groups excluding carboxylic acids is 1. The highest BCUT2D eigenvalue weighted by Gasteiger charge is 2.15. The molecule has 3 rings (SSSR count). The van der Waals surface area contributed by atoms with Crippen LogP contribution in [-0.2, 0) is 6.54 Å². The van der Waals surface area contributed by atoms with Gasteiger partial charge in [0.15, 0.2) is 0 Å². The molecule has 0 saturated heterocycles. The van der Waals surface area contributed by atoms with Crippen LogP contribution in [-0.4, -0.2) is 31.4 Å². The zero-order chi connectivity index (χ0) is 17.8. The number of carbonyl (C=O) groups is 1. The predicted molar refractivity (Wildman–Crippen MR) is 105 cm³/mol. The van der Waals surface area contributed by atoms with E-state index in [0.29, 0.717) is 13.1 Å². The largest absolute Gasteiger partial charge is 0.378 e. The number of fused-ring (bicyclic) bond motifs is 1. The summed E-state index contributed by atoms with van der Waals surface area (Å²) in [6, 6.07) is 22.4. The summed E-state index contributed by atoms with van der Waals surface area (Å²) in [6.07, 6.45) is 0. The second-order valence-electron chi connectivity index (χ2n) is 6.44. The van der Waals surface area contributed by atoms with E-state index in [2.05, 4.69) is 35.2 Å². The van der Waals surface area contributed by atoms with Crippen LogP contribution in [0, 0.1) is 0 Å². The molecule has 3 heteroatoms. The fraction of sp³-hybridized carbons (Fsp3) is 0.227. The van der Waals surface area contributed by atoms with Gasteiger partial charge in [0.2, 0.25) is 0 Å². The van der Waals surface area contributed by atoms with E-state index in [1.54, 1.807) is 0 Å². The Morgan fingerprint density at radius 2 is 1.56 bits per heavy atom. The normalized spacial score (nSPS) is 10.7. The number of nitrogens with zero attached hydrogens (tertiary/aromatic N) is 2. The first-order valence-corrected chi connectivity index (χ1v) is 8.63. The summed E-state index contributed by atoms with van der Waals surface area (Å²) in [5.41, 5.74) is 3.04. The summed E-state index contributed by atoms with van der Waals surface area (Å²) in [7, 11) is 4.05. The van der Waals surface area contributed by atoms with Crippen LogP contribution in [0.2, 0.25) is 0 Å². The molecule has 3 nitrogen and oxygen atoms in total. The highest BCUT2D eigenvalue weighted by molar-refractivity contribution is 5.98. The molecule has 3 aromatic rings. The zero-order valence-electron chi connectivity index (χ0n) is 15.1. The van der Waals surface area contributed by atoms with E-state index in [1.807, 2.05) is 62.3 Å². The van der Waals surface area contributed by atoms with Gasteiger partial charge in [0.05, 0.1) is 0 Å². The van der Waals surface area contributed by atoms with Crippen LogP contribution in [0.1, 0.15) is 22.8 Å². The number of hydrogen-bond donors (Lipinski definition) is 0. The van der Waals surface area contributed by atoms with Crippen molar-refractivity contribution < 1.29 is 4.79 Å². The molecule has 128 valence electrons. The van der Waals surface area contributed by atoms with Gasteiger partial charge in [-0.2, -0.15) is 0 Å². The molecular weight excluding hydrogens is 308 g/mol. The van der Waals surface area contributed by atoms with Crippen LogP contribution in [0.3, 0.4) is 0 Å². The van der Waals surface area contributed by atoms with Crippen molar-refractivity contribution in [3.8, 4) is 0 Å². The Morgan fingerprint density at radius 3 is 2.20 bits per heavy atom. The monoisotopic (exact) mass is 332 g/mol. The van der Waals surface area contributed by atoms with Crippen LogP contribution < -0.4 is 4.90 Å². The maximum Gasteiger partial charge on any atom is 0.254 e. The minimum absolute atomic E-state index is 0.0740. The first-order chi connectivity index (χ1) is 12.1. The van der Waals surface area contributed by atoms with E-state index in [4.69, 9.17) is 0 Å². The van der Waals surface area contributed by atoms with Gasteiger partial charge >= 0.3 is 0 Å². The van der Waals surface area contributed by atoms with Gasteiger partial charge in [-0.3, -0.25) is 4.79 Å². The van der Waals surface area contributed by atoms with Gasteiger partial charge < -0.3 is 9.80 Å². The zero-order valence-corrected chi connectivity index (χ0v) is 15.1. The average molecular weight is 332 g/mol. The SMILES string of the molecule is CCN(Cc1ccc(N(C)C)cc1)C(=O)c1ccc2ccccc2c1. The molecule has 0 heterocycles. The smallest absolute Gasteiger partial charge is 0.254 e. The van der Waals surface area contributed by atoms with Gasteiger partial charge in [-0.1, -0.05) is 42.5 Å². The van der Waals surface area contributed by atoms with Crippen LogP contribution in [0.5, 0.6) is 0 Å². The molecule has 0 radical (unpaired) electrons. The van der Waals surface area contributed by atoms with E-state index < -0.39 is 0 Å². The van der Waals surface area contributed by atoms with Crippen LogP contribution in [0.4, 0.5) is 5.69 Å². The number of anilines is 1. The topological polar surface area (TPSA) is 23.6 Å². The summed E-state index contributed by atoms with van der Waals surface area (Å²) in [5, 5.41) is 2.25. The molecule has 0 aliphatic rings. The standard InChI is InChI=1S/C22H24N2O/c1-4-24(16-17-9-13-21(14-10-17)23(2)3)22(25)20-12-11-18-7-5-6-8-19(18)15-20/h5-15H,4,16H2,1-3H3. The van der Waals surface area contributed by atoms with Crippen molar-refractivity contribution in [2.45, 2.75) is 13.5 Å². The first kappa shape index (κ1) is 17.0. The summed E-state index contributed by atoms with van der Waals surface area (Å²) >= 11 is 0. The van der Waals surface area contributed by atoms with E-state index in [0.717, 1.165) is 27.6 Å². The van der Waals surface area contributed by atoms with E-state index in [9.17, 15) is 4.79 Å². The molecule has 0 spiro atoms. The van der Waals surface area contributed by atoms with E-state index >= 15 is 0 Å². The number of amides is 1. The van der Waals surface area contributed by atoms with Gasteiger partial charge in [-0.05, 0) is 47.5 Å². The van der Waals surface area contributed by atoms with Crippen molar-refractivity contribution in [3.05, 3.63) is 77.9 Å². The first-order valence-electron chi connectivity index (χ1n) is 8.63. The highest BCUT2D eigenvalue weighted by atomic mass is 16.2. The molecule has 0 aliphatic heterocycles. The van der Waals surface area contributed by atoms with Gasteiger partial charge in [0.25, 0.3) is 5.91 Å². The Hall–Kier alpha value is -2.81. The minimum Gasteiger partial charge on any atom is -0.378 e. The summed E-state index contributed by atoms with van der Waals surface area (Å²) in [4.78, 5) is 16.9. The summed E-state index contributed by atoms with van der Waals surface area (Å²) in [5.74, 6) is 0.0740. The molecule has 0 N–H and O–H groups in total. The van der Waals surface area contributed by atoms with Crippen molar-refractivity contribution in [2.24, 2.45) is 0 Å². The second kappa shape index (κ2) is 7.39. The van der Waals surface area contributed by atoms with Crippen molar-refractivity contribution >= 4 is 22.4 Å². The molecular formula is C22H24N2O. The van der Waals surface area contributed by atoms with E-state index in [-0.39, 0.29) is 5.91 Å². The number of benzene rings is 3. The molecule has 0 bridgehead atoms. The Morgan fingerprint density at radius 1 is 0.880 bits per heavy atom. The fourth-order valence-electron chi connectivity index (χ4n) is 2.95. The maximum atomic E-state index is 12.9. The lowest BCUT2D eigenvalue weighted by molar-refractivity contribution is 0.0753. The third-order valence-electron chi connectivity index (χ3n) is 4.49. The van der Waals surface area contributed by atoms with Crippen LogP contribution in [0.25, 0.3) is 10.8 Å². The lowest BCUT2D eigenvalue weighted by Crippen LogP contribution is -2.30. The van der Waals surface area contributed by atoms with Gasteiger partial charge in [-0.25, -0.2) is 0 Å². The second-order valence-corrected chi connectivity index (χ2v) is 6.44. The molecule has 0 atom stereocenters. The van der Waals surface area contributed by atoms with Crippen LogP contribution in [0.15, 0.2) is 66.7 Å². The lowest BCUT2D eigenvalue weighted by atomic mass is 10.1. The van der Waals surface area contributed by atoms with Crippen molar-refractivity contribution in [3.63, 3.8) is 0 Å². The Labute approximate surface area is 149 Å². The highest BCUT2D eigenvalue weighted by Crippen LogP contribution is 2.19. The van der Waals surface area contributed by atoms with Gasteiger partial charge in [-0.15, -0.1) is 0 Å². The summed E-state index contributed by atoms with van der Waals surface area (Å²) < 4.78 is 0. The minimum atomic E-state index is 0.0740. The molecule has 0 aromatic heterocycles. The van der Waals surface area contributed by atoms with E-state index in [1.165, 1.54) is 0 Å². The maximum absolute atomic E-state index is 12.9. The molecule has 25 heavy (non-hydrogen) atoms. The van der Waals surface area contributed by atoms with Crippen molar-refractivity contribution in [1.82, 2.24) is 4.90 Å². The Bertz CT molecular complexity index is 869.